The van der Waals surface area contributed by atoms with Crippen LogP contribution in [0.1, 0.15) is 56.1 Å². The molecule has 1 aromatic heterocycles. The zero-order valence-electron chi connectivity index (χ0n) is 19.0. The Kier molecular flexibility index (Phi) is 6.68. The summed E-state index contributed by atoms with van der Waals surface area (Å²) >= 11 is 0. The summed E-state index contributed by atoms with van der Waals surface area (Å²) in [5.41, 5.74) is 4.16. The number of anilines is 1. The van der Waals surface area contributed by atoms with E-state index in [0.29, 0.717) is 12.0 Å². The average Bonchev–Trinajstić information content (AvgIpc) is 3.41. The molecule has 30 heavy (non-hydrogen) atoms. The van der Waals surface area contributed by atoms with Crippen LogP contribution in [0.25, 0.3) is 0 Å². The zero-order chi connectivity index (χ0) is 21.1. The second kappa shape index (κ2) is 9.43. The van der Waals surface area contributed by atoms with Gasteiger partial charge < -0.3 is 14.5 Å². The van der Waals surface area contributed by atoms with E-state index in [9.17, 15) is 0 Å². The number of piperazine rings is 1. The standard InChI is InChI=1S/C23H36N6O/c1-17(2)15-22(23-24-25-26-29(23)16-20-8-6-14-30-20)28-12-10-27(11-13-28)21-9-5-7-18(3)19(21)4/h5,7,9,17,20,22H,6,8,10-16H2,1-4H3/p+1/t20-,22-/m0/s1. The number of quaternary nitrogens is 1. The highest BCUT2D eigenvalue weighted by molar-refractivity contribution is 5.56. The summed E-state index contributed by atoms with van der Waals surface area (Å²) in [6.07, 6.45) is 3.60. The normalized spacial score (nSPS) is 21.5. The van der Waals surface area contributed by atoms with Gasteiger partial charge in [0.05, 0.1) is 38.8 Å². The largest absolute Gasteiger partial charge is 0.376 e. The third-order valence-electron chi connectivity index (χ3n) is 6.79. The van der Waals surface area contributed by atoms with Crippen molar-refractivity contribution in [1.82, 2.24) is 20.2 Å². The molecule has 4 rings (SSSR count). The molecule has 2 aliphatic rings. The van der Waals surface area contributed by atoms with E-state index in [1.807, 2.05) is 4.68 Å². The van der Waals surface area contributed by atoms with Crippen LogP contribution in [-0.4, -0.2) is 59.1 Å². The second-order valence-electron chi connectivity index (χ2n) is 9.40. The number of benzene rings is 1. The number of nitrogens with one attached hydrogen (secondary N) is 1. The molecule has 0 unspecified atom stereocenters. The minimum absolute atomic E-state index is 0.253. The van der Waals surface area contributed by atoms with Crippen LogP contribution in [0.15, 0.2) is 18.2 Å². The van der Waals surface area contributed by atoms with Gasteiger partial charge in [0.15, 0.2) is 0 Å². The van der Waals surface area contributed by atoms with Crippen LogP contribution in [0.3, 0.4) is 0 Å². The Morgan fingerprint density at radius 2 is 2.00 bits per heavy atom. The van der Waals surface area contributed by atoms with Gasteiger partial charge in [-0.15, -0.1) is 5.10 Å². The maximum absolute atomic E-state index is 5.84. The summed E-state index contributed by atoms with van der Waals surface area (Å²) < 4.78 is 7.86. The molecule has 2 saturated heterocycles. The van der Waals surface area contributed by atoms with Crippen molar-refractivity contribution in [2.45, 2.75) is 65.6 Å². The van der Waals surface area contributed by atoms with Crippen molar-refractivity contribution in [2.24, 2.45) is 5.92 Å². The van der Waals surface area contributed by atoms with Gasteiger partial charge in [-0.05, 0) is 60.2 Å². The van der Waals surface area contributed by atoms with E-state index >= 15 is 0 Å². The summed E-state index contributed by atoms with van der Waals surface area (Å²) in [5, 5.41) is 12.9. The first-order chi connectivity index (χ1) is 14.5. The highest BCUT2D eigenvalue weighted by Gasteiger charge is 2.34. The second-order valence-corrected chi connectivity index (χ2v) is 9.40. The van der Waals surface area contributed by atoms with Crippen LogP contribution < -0.4 is 9.80 Å². The minimum atomic E-state index is 0.253. The molecular formula is C23H37N6O+. The molecule has 0 amide bonds. The highest BCUT2D eigenvalue weighted by atomic mass is 16.5. The number of tetrazole rings is 1. The number of nitrogens with zero attached hydrogens (tertiary/aromatic N) is 5. The molecule has 0 radical (unpaired) electrons. The van der Waals surface area contributed by atoms with Crippen LogP contribution in [0.5, 0.6) is 0 Å². The molecular weight excluding hydrogens is 376 g/mol. The average molecular weight is 414 g/mol. The first kappa shape index (κ1) is 21.2. The van der Waals surface area contributed by atoms with Crippen molar-refractivity contribution < 1.29 is 9.64 Å². The molecule has 2 aromatic rings. The third-order valence-corrected chi connectivity index (χ3v) is 6.79. The molecule has 2 fully saturated rings. The quantitative estimate of drug-likeness (QED) is 0.752. The Bertz CT molecular complexity index is 821. The van der Waals surface area contributed by atoms with Crippen LogP contribution in [0.4, 0.5) is 5.69 Å². The predicted octanol–water partition coefficient (Wildman–Crippen LogP) is 1.96. The number of hydrogen-bond acceptors (Lipinski definition) is 5. The number of hydrogen-bond donors (Lipinski definition) is 1. The van der Waals surface area contributed by atoms with E-state index in [1.165, 1.54) is 16.8 Å². The van der Waals surface area contributed by atoms with Crippen LogP contribution in [0.2, 0.25) is 0 Å². The van der Waals surface area contributed by atoms with Gasteiger partial charge in [0.1, 0.15) is 6.04 Å². The SMILES string of the molecule is Cc1cccc(N2CC[NH+]([C@@H](CC(C)C)c3nnnn3C[C@@H]3CCCO3)CC2)c1C. The Balaban J connectivity index is 1.48. The monoisotopic (exact) mass is 413 g/mol. The lowest BCUT2D eigenvalue weighted by Crippen LogP contribution is -3.15. The fourth-order valence-corrected chi connectivity index (χ4v) is 4.96. The summed E-state index contributed by atoms with van der Waals surface area (Å²) in [6.45, 7) is 15.0. The highest BCUT2D eigenvalue weighted by Crippen LogP contribution is 2.24. The topological polar surface area (TPSA) is 60.5 Å². The molecule has 2 atom stereocenters. The number of aryl methyl sites for hydroxylation is 1. The van der Waals surface area contributed by atoms with Crippen molar-refractivity contribution in [3.8, 4) is 0 Å². The number of rotatable bonds is 7. The number of ether oxygens (including phenoxy) is 1. The van der Waals surface area contributed by atoms with E-state index in [-0.39, 0.29) is 6.10 Å². The lowest BCUT2D eigenvalue weighted by atomic mass is 10.0. The van der Waals surface area contributed by atoms with Gasteiger partial charge in [0.2, 0.25) is 5.82 Å². The molecule has 0 aliphatic carbocycles. The van der Waals surface area contributed by atoms with E-state index in [1.54, 1.807) is 4.90 Å². The summed E-state index contributed by atoms with van der Waals surface area (Å²) in [5.74, 6) is 1.64. The molecule has 1 aromatic carbocycles. The first-order valence-electron chi connectivity index (χ1n) is 11.6. The van der Waals surface area contributed by atoms with Crippen molar-refractivity contribution in [3.63, 3.8) is 0 Å². The van der Waals surface area contributed by atoms with E-state index in [4.69, 9.17) is 4.74 Å². The van der Waals surface area contributed by atoms with Gasteiger partial charge in [-0.2, -0.15) is 0 Å². The predicted molar refractivity (Wildman–Crippen MR) is 118 cm³/mol. The summed E-state index contributed by atoms with van der Waals surface area (Å²) in [6, 6.07) is 6.98. The van der Waals surface area contributed by atoms with Gasteiger partial charge in [0, 0.05) is 18.7 Å². The molecule has 7 heteroatoms. The maximum atomic E-state index is 5.84. The van der Waals surface area contributed by atoms with E-state index < -0.39 is 0 Å². The Morgan fingerprint density at radius 3 is 2.70 bits per heavy atom. The molecule has 164 valence electrons. The Morgan fingerprint density at radius 1 is 1.20 bits per heavy atom. The Hall–Kier alpha value is -1.99. The molecule has 2 aliphatic heterocycles. The smallest absolute Gasteiger partial charge is 0.209 e. The van der Waals surface area contributed by atoms with Gasteiger partial charge in [0.25, 0.3) is 0 Å². The van der Waals surface area contributed by atoms with Crippen molar-refractivity contribution >= 4 is 5.69 Å². The Labute approximate surface area is 180 Å². The van der Waals surface area contributed by atoms with Gasteiger partial charge in [-0.1, -0.05) is 26.0 Å². The molecule has 1 N–H and O–H groups in total. The van der Waals surface area contributed by atoms with Crippen molar-refractivity contribution in [1.29, 1.82) is 0 Å². The van der Waals surface area contributed by atoms with Gasteiger partial charge >= 0.3 is 0 Å². The van der Waals surface area contributed by atoms with Crippen LogP contribution in [0, 0.1) is 19.8 Å². The summed E-state index contributed by atoms with van der Waals surface area (Å²) in [4.78, 5) is 4.15. The summed E-state index contributed by atoms with van der Waals surface area (Å²) in [7, 11) is 0. The zero-order valence-corrected chi connectivity index (χ0v) is 19.0. The van der Waals surface area contributed by atoms with Gasteiger partial charge in [-0.3, -0.25) is 0 Å². The van der Waals surface area contributed by atoms with Crippen molar-refractivity contribution in [2.75, 3.05) is 37.7 Å². The fourth-order valence-electron chi connectivity index (χ4n) is 4.96. The molecule has 3 heterocycles. The van der Waals surface area contributed by atoms with E-state index in [2.05, 4.69) is 66.3 Å². The first-order valence-corrected chi connectivity index (χ1v) is 11.6. The van der Waals surface area contributed by atoms with Crippen LogP contribution in [-0.2, 0) is 11.3 Å². The molecule has 0 bridgehead atoms. The molecule has 0 spiro atoms. The van der Waals surface area contributed by atoms with Crippen LogP contribution >= 0.6 is 0 Å². The molecule has 0 saturated carbocycles. The van der Waals surface area contributed by atoms with Crippen molar-refractivity contribution in [3.05, 3.63) is 35.2 Å². The van der Waals surface area contributed by atoms with Gasteiger partial charge in [-0.25, -0.2) is 4.68 Å². The maximum Gasteiger partial charge on any atom is 0.209 e. The fraction of sp³-hybridized carbons (Fsp3) is 0.696. The minimum Gasteiger partial charge on any atom is -0.376 e. The van der Waals surface area contributed by atoms with E-state index in [0.717, 1.165) is 64.4 Å². The lowest BCUT2D eigenvalue weighted by molar-refractivity contribution is -0.934. The molecule has 7 nitrogen and oxygen atoms in total. The lowest BCUT2D eigenvalue weighted by Gasteiger charge is -2.38. The third kappa shape index (κ3) is 4.67. The number of aromatic nitrogens is 4.